The summed E-state index contributed by atoms with van der Waals surface area (Å²) in [6.45, 7) is 0. The summed E-state index contributed by atoms with van der Waals surface area (Å²) in [5.74, 6) is 0. The van der Waals surface area contributed by atoms with Crippen LogP contribution >= 0.6 is 0 Å². The molecule has 0 rings (SSSR count). The number of halogens is 9. The third-order valence-electron chi connectivity index (χ3n) is 0.982. The third kappa shape index (κ3) is 3.86. The van der Waals surface area contributed by atoms with Crippen LogP contribution in [0.4, 0.5) is 39.5 Å². The van der Waals surface area contributed by atoms with Gasteiger partial charge < -0.3 is 0 Å². The molecule has 0 heterocycles. The molecule has 0 saturated carbocycles. The summed E-state index contributed by atoms with van der Waals surface area (Å²) in [5.41, 5.74) is 0. The Hall–Kier alpha value is 0.240. The van der Waals surface area contributed by atoms with Crippen LogP contribution in [0.5, 0.6) is 0 Å². The van der Waals surface area contributed by atoms with Crippen LogP contribution in [0.3, 0.4) is 0 Å². The van der Waals surface area contributed by atoms with Gasteiger partial charge in [0.05, 0.1) is 0 Å². The second-order valence-corrected chi connectivity index (χ2v) is 10.1. The van der Waals surface area contributed by atoms with Gasteiger partial charge >= 0.3 is 72.7 Å². The first-order valence-electron chi connectivity index (χ1n) is 2.57. The van der Waals surface area contributed by atoms with Gasteiger partial charge in [0.25, 0.3) is 0 Å². The zero-order valence-electron chi connectivity index (χ0n) is 5.48. The monoisotopic (exact) mass is 322 g/mol. The number of alkyl halides is 9. The zero-order chi connectivity index (χ0) is 11.1. The summed E-state index contributed by atoms with van der Waals surface area (Å²) in [4.78, 5) is 0. The van der Waals surface area contributed by atoms with Crippen molar-refractivity contribution < 1.29 is 39.5 Å². The Morgan fingerprint density at radius 2 is 0.615 bits per heavy atom. The van der Waals surface area contributed by atoms with E-state index in [4.69, 9.17) is 0 Å². The molecule has 0 N–H and O–H groups in total. The molecule has 0 fully saturated rings. The first-order chi connectivity index (χ1) is 5.37. The first kappa shape index (κ1) is 13.2. The molecule has 10 heteroatoms. The SMILES string of the molecule is F[C](F)(F)[In]([C](F)(F)F)[C](F)(F)F. The number of rotatable bonds is 0. The summed E-state index contributed by atoms with van der Waals surface area (Å²) < 4.78 is 83.8. The normalized spacial score (nSPS) is 14.5. The molecule has 0 aliphatic carbocycles. The second kappa shape index (κ2) is 3.43. The van der Waals surface area contributed by atoms with E-state index in [2.05, 4.69) is 0 Å². The minimum atomic E-state index is -7.58. The first-order valence-corrected chi connectivity index (χ1v) is 7.51. The fourth-order valence-corrected chi connectivity index (χ4v) is 3.73. The van der Waals surface area contributed by atoms with Gasteiger partial charge in [-0.05, 0) is 0 Å². The van der Waals surface area contributed by atoms with Crippen molar-refractivity contribution in [1.29, 1.82) is 0 Å². The summed E-state index contributed by atoms with van der Waals surface area (Å²) in [6.07, 6.45) is 0. The van der Waals surface area contributed by atoms with Gasteiger partial charge in [-0.15, -0.1) is 0 Å². The summed E-state index contributed by atoms with van der Waals surface area (Å²) >= 11 is -7.58. The molecular weight excluding hydrogens is 322 g/mol. The number of hydrogen-bond donors (Lipinski definition) is 0. The zero-order valence-corrected chi connectivity index (χ0v) is 8.77. The molecule has 0 atom stereocenters. The Morgan fingerprint density at radius 3 is 0.615 bits per heavy atom. The second-order valence-electron chi connectivity index (χ2n) is 2.06. The van der Waals surface area contributed by atoms with Gasteiger partial charge in [-0.3, -0.25) is 0 Å². The van der Waals surface area contributed by atoms with E-state index in [0.717, 1.165) is 0 Å². The molecule has 0 spiro atoms. The molecule has 0 aromatic heterocycles. The fourth-order valence-electron chi connectivity index (χ4n) is 0.557. The Labute approximate surface area is 73.2 Å². The molecule has 0 amide bonds. The van der Waals surface area contributed by atoms with Crippen molar-refractivity contribution in [2.75, 3.05) is 0 Å². The summed E-state index contributed by atoms with van der Waals surface area (Å²) in [6, 6.07) is 0. The Kier molecular flexibility index (Phi) is 3.49. The van der Waals surface area contributed by atoms with E-state index in [1.54, 1.807) is 0 Å². The van der Waals surface area contributed by atoms with Crippen LogP contribution < -0.4 is 0 Å². The van der Waals surface area contributed by atoms with Crippen LogP contribution in [0.2, 0.25) is 0 Å². The van der Waals surface area contributed by atoms with E-state index >= 15 is 0 Å². The molecule has 0 aromatic rings. The molecule has 0 aromatic carbocycles. The van der Waals surface area contributed by atoms with E-state index in [1.807, 2.05) is 0 Å². The molecule has 13 heavy (non-hydrogen) atoms. The van der Waals surface area contributed by atoms with E-state index in [0.29, 0.717) is 0 Å². The predicted molar refractivity (Wildman–Crippen MR) is 23.9 cm³/mol. The van der Waals surface area contributed by atoms with Gasteiger partial charge in [0, 0.05) is 0 Å². The average molecular weight is 322 g/mol. The quantitative estimate of drug-likeness (QED) is 0.602. The van der Waals surface area contributed by atoms with Crippen LogP contribution in [0, 0.1) is 0 Å². The van der Waals surface area contributed by atoms with Crippen molar-refractivity contribution in [3.8, 4) is 0 Å². The van der Waals surface area contributed by atoms with Crippen molar-refractivity contribution in [3.63, 3.8) is 0 Å². The van der Waals surface area contributed by atoms with Gasteiger partial charge in [-0.2, -0.15) is 0 Å². The van der Waals surface area contributed by atoms with E-state index in [9.17, 15) is 39.5 Å². The van der Waals surface area contributed by atoms with E-state index in [-0.39, 0.29) is 0 Å². The molecule has 0 saturated heterocycles. The van der Waals surface area contributed by atoms with Crippen LogP contribution in [0.25, 0.3) is 0 Å². The number of hydrogen-bond acceptors (Lipinski definition) is 0. The van der Waals surface area contributed by atoms with Crippen molar-refractivity contribution in [1.82, 2.24) is 0 Å². The van der Waals surface area contributed by atoms with Crippen molar-refractivity contribution in [3.05, 3.63) is 0 Å². The van der Waals surface area contributed by atoms with E-state index in [1.165, 1.54) is 0 Å². The topological polar surface area (TPSA) is 0 Å². The molecule has 78 valence electrons. The molecule has 0 bridgehead atoms. The van der Waals surface area contributed by atoms with Crippen LogP contribution in [-0.4, -0.2) is 33.2 Å². The predicted octanol–water partition coefficient (Wildman–Crippen LogP) is 2.79. The van der Waals surface area contributed by atoms with Crippen molar-refractivity contribution >= 4 is 21.4 Å². The third-order valence-corrected chi connectivity index (χ3v) is 6.59. The minimum absolute atomic E-state index is 6.15. The van der Waals surface area contributed by atoms with Gasteiger partial charge in [-0.1, -0.05) is 0 Å². The Bertz CT molecular complexity index is 137. The molecule has 0 radical (unpaired) electrons. The molecule has 0 aliphatic heterocycles. The maximum absolute atomic E-state index is 11.4. The molecule has 0 unspecified atom stereocenters. The van der Waals surface area contributed by atoms with Gasteiger partial charge in [0.2, 0.25) is 0 Å². The molecule has 0 aliphatic rings. The van der Waals surface area contributed by atoms with Gasteiger partial charge in [-0.25, -0.2) is 0 Å². The van der Waals surface area contributed by atoms with E-state index < -0.39 is 33.2 Å². The molecular formula is C3F9In. The van der Waals surface area contributed by atoms with Crippen LogP contribution in [0.15, 0.2) is 0 Å². The fraction of sp³-hybridized carbons (Fsp3) is 1.00. The van der Waals surface area contributed by atoms with Gasteiger partial charge in [0.1, 0.15) is 0 Å². The average Bonchev–Trinajstić information content (AvgIpc) is 1.44. The summed E-state index contributed by atoms with van der Waals surface area (Å²) in [5, 5.41) is 0. The Morgan fingerprint density at radius 1 is 0.462 bits per heavy atom. The standard InChI is InChI=1S/3CF3.In/c3*2-1(3)4;. The summed E-state index contributed by atoms with van der Waals surface area (Å²) in [7, 11) is 0. The Balaban J connectivity index is 5.02. The van der Waals surface area contributed by atoms with Gasteiger partial charge in [0.15, 0.2) is 0 Å². The van der Waals surface area contributed by atoms with Crippen LogP contribution in [0.1, 0.15) is 0 Å². The maximum atomic E-state index is 11.4. The van der Waals surface area contributed by atoms with Crippen molar-refractivity contribution in [2.24, 2.45) is 0 Å². The molecule has 0 nitrogen and oxygen atoms in total. The van der Waals surface area contributed by atoms with Crippen LogP contribution in [-0.2, 0) is 0 Å². The van der Waals surface area contributed by atoms with Crippen molar-refractivity contribution in [2.45, 2.75) is 11.8 Å².